The molecule has 212 valence electrons. The van der Waals surface area contributed by atoms with Gasteiger partial charge in [-0.25, -0.2) is 17.9 Å². The molecule has 4 aromatic rings. The van der Waals surface area contributed by atoms with Crippen LogP contribution in [0.5, 0.6) is 11.5 Å². The van der Waals surface area contributed by atoms with E-state index < -0.39 is 15.8 Å². The molecule has 0 radical (unpaired) electrons. The molecule has 0 saturated heterocycles. The molecule has 0 unspecified atom stereocenters. The number of likely N-dealkylation sites (N-methyl/N-ethyl adjacent to an activating group) is 1. The predicted molar refractivity (Wildman–Crippen MR) is 149 cm³/mol. The van der Waals surface area contributed by atoms with E-state index in [0.29, 0.717) is 28.4 Å². The largest absolute Gasteiger partial charge is 0.497 e. The highest BCUT2D eigenvalue weighted by Gasteiger charge is 2.24. The topological polar surface area (TPSA) is 141 Å². The van der Waals surface area contributed by atoms with Gasteiger partial charge in [-0.3, -0.25) is 0 Å². The summed E-state index contributed by atoms with van der Waals surface area (Å²) in [4.78, 5) is 11.1. The third-order valence-electron chi connectivity index (χ3n) is 5.76. The van der Waals surface area contributed by atoms with Gasteiger partial charge < -0.3 is 24.2 Å². The van der Waals surface area contributed by atoms with Crippen molar-refractivity contribution >= 4 is 15.8 Å². The quantitative estimate of drug-likeness (QED) is 0.291. The molecule has 1 heterocycles. The van der Waals surface area contributed by atoms with E-state index >= 15 is 0 Å². The van der Waals surface area contributed by atoms with Crippen molar-refractivity contribution in [3.63, 3.8) is 0 Å². The molecular weight excluding hydrogens is 536 g/mol. The lowest BCUT2D eigenvalue weighted by molar-refractivity contribution is -0.870. The third-order valence-corrected chi connectivity index (χ3v) is 7.59. The van der Waals surface area contributed by atoms with Crippen molar-refractivity contribution in [3.8, 4) is 28.4 Å². The lowest BCUT2D eigenvalue weighted by Gasteiger charge is -2.21. The Hall–Kier alpha value is -4.26. The van der Waals surface area contributed by atoms with Gasteiger partial charge in [-0.1, -0.05) is 23.4 Å². The highest BCUT2D eigenvalue weighted by Crippen LogP contribution is 2.32. The van der Waals surface area contributed by atoms with Crippen LogP contribution in [0.15, 0.2) is 82.7 Å². The summed E-state index contributed by atoms with van der Waals surface area (Å²) in [6.07, 6.45) is 1.60. The number of hydrogen-bond acceptors (Lipinski definition) is 8. The summed E-state index contributed by atoms with van der Waals surface area (Å²) in [5.41, 5.74) is 1.26. The van der Waals surface area contributed by atoms with Crippen molar-refractivity contribution in [1.82, 2.24) is 15.0 Å². The number of aliphatic hydroxyl groups excluding tert-OH is 1. The third kappa shape index (κ3) is 7.23. The van der Waals surface area contributed by atoms with Gasteiger partial charge in [0.2, 0.25) is 9.84 Å². The number of aromatic carboxylic acids is 1. The van der Waals surface area contributed by atoms with E-state index in [1.54, 1.807) is 49.7 Å². The molecule has 0 saturated carbocycles. The number of ether oxygens (including phenoxy) is 2. The normalized spacial score (nSPS) is 11.3. The number of benzene rings is 3. The van der Waals surface area contributed by atoms with Crippen molar-refractivity contribution in [2.45, 2.75) is 9.79 Å². The molecule has 3 aromatic carbocycles. The zero-order valence-corrected chi connectivity index (χ0v) is 23.8. The summed E-state index contributed by atoms with van der Waals surface area (Å²) in [6, 6.07) is 16.7. The SMILES string of the molecule is COc1ccc(OC)c(-n2cc(-c3ccccc3S(=O)(=O)c3ccc(C(=O)O)cc3)nn2)c1.C[N+](C)(C)CCO. The van der Waals surface area contributed by atoms with Crippen molar-refractivity contribution in [3.05, 3.63) is 78.5 Å². The van der Waals surface area contributed by atoms with E-state index in [1.165, 1.54) is 42.1 Å². The molecule has 0 bridgehead atoms. The summed E-state index contributed by atoms with van der Waals surface area (Å²) < 4.78 is 39.6. The molecule has 0 spiro atoms. The first-order valence-electron chi connectivity index (χ1n) is 12.1. The second-order valence-corrected chi connectivity index (χ2v) is 11.6. The number of quaternary nitrogens is 1. The first-order valence-corrected chi connectivity index (χ1v) is 13.6. The van der Waals surface area contributed by atoms with E-state index in [2.05, 4.69) is 31.5 Å². The average Bonchev–Trinajstić information content (AvgIpc) is 3.42. The molecule has 1 aromatic heterocycles. The Morgan fingerprint density at radius 2 is 1.65 bits per heavy atom. The van der Waals surface area contributed by atoms with Crippen molar-refractivity contribution in [2.24, 2.45) is 0 Å². The Morgan fingerprint density at radius 1 is 0.975 bits per heavy atom. The second-order valence-electron chi connectivity index (χ2n) is 9.65. The van der Waals surface area contributed by atoms with Gasteiger partial charge in [0.05, 0.1) is 63.5 Å². The van der Waals surface area contributed by atoms with Crippen molar-refractivity contribution < 1.29 is 37.4 Å². The van der Waals surface area contributed by atoms with Gasteiger partial charge in [0.25, 0.3) is 0 Å². The fraction of sp³-hybridized carbons (Fsp3) is 0.250. The Balaban J connectivity index is 0.000000559. The van der Waals surface area contributed by atoms with E-state index in [4.69, 9.17) is 19.7 Å². The van der Waals surface area contributed by atoms with Gasteiger partial charge >= 0.3 is 5.97 Å². The lowest BCUT2D eigenvalue weighted by atomic mass is 10.2. The zero-order chi connectivity index (χ0) is 29.5. The molecular formula is C28H33N4O7S+. The number of nitrogens with zero attached hydrogens (tertiary/aromatic N) is 4. The van der Waals surface area contributed by atoms with Crippen LogP contribution in [-0.4, -0.2) is 92.6 Å². The standard InChI is InChI=1S/C23H19N3O6S.C5H14NO/c1-31-16-9-12-21(32-2)20(13-16)26-14-19(24-25-26)18-5-3-4-6-22(18)33(29,30)17-10-7-15(8-11-17)23(27)28;1-6(2,3)4-5-7/h3-14H,1-2H3,(H,27,28);7H,4-5H2,1-3H3/q;+1. The molecule has 0 aliphatic heterocycles. The second kappa shape index (κ2) is 12.7. The number of hydrogen-bond donors (Lipinski definition) is 2. The van der Waals surface area contributed by atoms with Gasteiger partial charge in [-0.05, 0) is 42.5 Å². The Kier molecular flexibility index (Phi) is 9.64. The van der Waals surface area contributed by atoms with Gasteiger partial charge in [0.15, 0.2) is 0 Å². The van der Waals surface area contributed by atoms with Crippen molar-refractivity contribution in [1.29, 1.82) is 0 Å². The highest BCUT2D eigenvalue weighted by molar-refractivity contribution is 7.91. The lowest BCUT2D eigenvalue weighted by Crippen LogP contribution is -2.36. The molecule has 4 rings (SSSR count). The van der Waals surface area contributed by atoms with Crippen LogP contribution in [0, 0.1) is 0 Å². The average molecular weight is 570 g/mol. The molecule has 0 fully saturated rings. The fourth-order valence-corrected chi connectivity index (χ4v) is 5.07. The number of carbonyl (C=O) groups is 1. The van der Waals surface area contributed by atoms with Crippen LogP contribution in [0.4, 0.5) is 0 Å². The van der Waals surface area contributed by atoms with E-state index in [1.807, 2.05) is 0 Å². The molecule has 40 heavy (non-hydrogen) atoms. The van der Waals surface area contributed by atoms with Crippen LogP contribution >= 0.6 is 0 Å². The molecule has 12 heteroatoms. The first-order chi connectivity index (χ1) is 18.9. The summed E-state index contributed by atoms with van der Waals surface area (Å²) in [5, 5.41) is 25.8. The van der Waals surface area contributed by atoms with Crippen LogP contribution in [0.2, 0.25) is 0 Å². The summed E-state index contributed by atoms with van der Waals surface area (Å²) in [5.74, 6) is -0.00811. The summed E-state index contributed by atoms with van der Waals surface area (Å²) >= 11 is 0. The van der Waals surface area contributed by atoms with Crippen LogP contribution in [0.25, 0.3) is 16.9 Å². The van der Waals surface area contributed by atoms with Gasteiger partial charge in [-0.15, -0.1) is 5.10 Å². The zero-order valence-electron chi connectivity index (χ0n) is 23.0. The molecule has 2 N–H and O–H groups in total. The minimum atomic E-state index is -3.95. The van der Waals surface area contributed by atoms with E-state index in [9.17, 15) is 13.2 Å². The van der Waals surface area contributed by atoms with Crippen LogP contribution in [-0.2, 0) is 9.84 Å². The Morgan fingerprint density at radius 3 is 2.20 bits per heavy atom. The minimum Gasteiger partial charge on any atom is -0.497 e. The van der Waals surface area contributed by atoms with Gasteiger partial charge in [0.1, 0.15) is 29.4 Å². The number of rotatable bonds is 9. The van der Waals surface area contributed by atoms with Crippen LogP contribution < -0.4 is 9.47 Å². The van der Waals surface area contributed by atoms with Crippen LogP contribution in [0.1, 0.15) is 10.4 Å². The molecule has 0 aliphatic rings. The number of carboxylic acid groups (broad SMARTS) is 1. The Labute approximate surface area is 233 Å². The smallest absolute Gasteiger partial charge is 0.335 e. The molecule has 11 nitrogen and oxygen atoms in total. The molecule has 0 amide bonds. The maximum Gasteiger partial charge on any atom is 0.335 e. The van der Waals surface area contributed by atoms with E-state index in [-0.39, 0.29) is 22.0 Å². The maximum atomic E-state index is 13.3. The van der Waals surface area contributed by atoms with Crippen LogP contribution in [0.3, 0.4) is 0 Å². The number of methoxy groups -OCH3 is 2. The molecule has 0 aliphatic carbocycles. The first kappa shape index (κ1) is 30.3. The van der Waals surface area contributed by atoms with Gasteiger partial charge in [0, 0.05) is 11.6 Å². The number of sulfone groups is 1. The minimum absolute atomic E-state index is 0.00239. The maximum absolute atomic E-state index is 13.3. The van der Waals surface area contributed by atoms with Crippen molar-refractivity contribution in [2.75, 3.05) is 48.5 Å². The van der Waals surface area contributed by atoms with Gasteiger partial charge in [-0.2, -0.15) is 0 Å². The fourth-order valence-electron chi connectivity index (χ4n) is 3.60. The summed E-state index contributed by atoms with van der Waals surface area (Å²) in [6.45, 7) is 1.11. The molecule has 0 atom stereocenters. The predicted octanol–water partition coefficient (Wildman–Crippen LogP) is 3.17. The number of carboxylic acids is 1. The Bertz CT molecular complexity index is 1560. The number of aliphatic hydroxyl groups is 1. The monoisotopic (exact) mass is 569 g/mol. The highest BCUT2D eigenvalue weighted by atomic mass is 32.2. The number of aromatic nitrogens is 3. The van der Waals surface area contributed by atoms with E-state index in [0.717, 1.165) is 11.0 Å². The summed E-state index contributed by atoms with van der Waals surface area (Å²) in [7, 11) is 5.27.